The molecule has 0 aliphatic carbocycles. The van der Waals surface area contributed by atoms with Crippen LogP contribution in [0.2, 0.25) is 0 Å². The lowest BCUT2D eigenvalue weighted by Crippen LogP contribution is -2.07. The fourth-order valence-electron chi connectivity index (χ4n) is 2.37. The van der Waals surface area contributed by atoms with Gasteiger partial charge in [0.1, 0.15) is 5.01 Å². The SMILES string of the molecule is CC(=O)Nc1cccc(-n2nnnc2SCc2csc(-c3cccs3)n2)c1. The van der Waals surface area contributed by atoms with Crippen molar-refractivity contribution in [2.24, 2.45) is 0 Å². The predicted molar refractivity (Wildman–Crippen MR) is 108 cm³/mol. The first-order valence-electron chi connectivity index (χ1n) is 7.96. The normalized spacial score (nSPS) is 10.9. The smallest absolute Gasteiger partial charge is 0.221 e. The summed E-state index contributed by atoms with van der Waals surface area (Å²) in [6.45, 7) is 1.48. The summed E-state index contributed by atoms with van der Waals surface area (Å²) in [5.74, 6) is 0.553. The number of benzene rings is 1. The zero-order valence-electron chi connectivity index (χ0n) is 14.2. The van der Waals surface area contributed by atoms with E-state index < -0.39 is 0 Å². The topological polar surface area (TPSA) is 85.6 Å². The second kappa shape index (κ2) is 7.99. The predicted octanol–water partition coefficient (Wildman–Crippen LogP) is 4.10. The van der Waals surface area contributed by atoms with Gasteiger partial charge in [-0.2, -0.15) is 4.68 Å². The van der Waals surface area contributed by atoms with Crippen molar-refractivity contribution >= 4 is 46.0 Å². The summed E-state index contributed by atoms with van der Waals surface area (Å²) in [6.07, 6.45) is 0. The Bertz CT molecular complexity index is 1060. The number of hydrogen-bond donors (Lipinski definition) is 1. The Hall–Kier alpha value is -2.56. The lowest BCUT2D eigenvalue weighted by Gasteiger charge is -2.06. The summed E-state index contributed by atoms with van der Waals surface area (Å²) in [4.78, 5) is 17.1. The van der Waals surface area contributed by atoms with Crippen molar-refractivity contribution in [2.45, 2.75) is 17.8 Å². The van der Waals surface area contributed by atoms with Gasteiger partial charge in [-0.1, -0.05) is 23.9 Å². The highest BCUT2D eigenvalue weighted by atomic mass is 32.2. The van der Waals surface area contributed by atoms with Crippen LogP contribution in [0.1, 0.15) is 12.6 Å². The Morgan fingerprint density at radius 2 is 2.19 bits per heavy atom. The van der Waals surface area contributed by atoms with E-state index >= 15 is 0 Å². The average Bonchev–Trinajstić information content (AvgIpc) is 3.39. The number of nitrogens with one attached hydrogen (secondary N) is 1. The number of carbonyl (C=O) groups is 1. The molecule has 0 aliphatic heterocycles. The maximum Gasteiger partial charge on any atom is 0.221 e. The molecule has 27 heavy (non-hydrogen) atoms. The summed E-state index contributed by atoms with van der Waals surface area (Å²) < 4.78 is 1.66. The molecule has 1 amide bonds. The Balaban J connectivity index is 1.49. The molecule has 0 spiro atoms. The molecule has 0 unspecified atom stereocenters. The first-order valence-corrected chi connectivity index (χ1v) is 10.7. The van der Waals surface area contributed by atoms with E-state index in [0.29, 0.717) is 16.6 Å². The molecule has 3 aromatic heterocycles. The molecule has 0 bridgehead atoms. The van der Waals surface area contributed by atoms with Crippen LogP contribution < -0.4 is 5.32 Å². The van der Waals surface area contributed by atoms with E-state index in [-0.39, 0.29) is 5.91 Å². The highest BCUT2D eigenvalue weighted by Gasteiger charge is 2.12. The standard InChI is InChI=1S/C17H14N6OS3/c1-11(24)18-12-4-2-5-14(8-12)23-17(20-21-22-23)27-10-13-9-26-16(19-13)15-6-3-7-25-15/h2-9H,10H2,1H3,(H,18,24). The summed E-state index contributed by atoms with van der Waals surface area (Å²) >= 11 is 4.84. The second-order valence-corrected chi connectivity index (χ2v) is 8.26. The molecular weight excluding hydrogens is 400 g/mol. The zero-order valence-corrected chi connectivity index (χ0v) is 16.6. The van der Waals surface area contributed by atoms with Gasteiger partial charge in [0.15, 0.2) is 0 Å². The molecule has 0 fully saturated rings. The molecule has 7 nitrogen and oxygen atoms in total. The summed E-state index contributed by atoms with van der Waals surface area (Å²) in [6, 6.07) is 11.5. The van der Waals surface area contributed by atoms with E-state index in [0.717, 1.165) is 16.4 Å². The Labute approximate surface area is 167 Å². The van der Waals surface area contributed by atoms with Crippen LogP contribution in [-0.4, -0.2) is 31.1 Å². The molecule has 0 atom stereocenters. The highest BCUT2D eigenvalue weighted by molar-refractivity contribution is 7.98. The van der Waals surface area contributed by atoms with E-state index in [1.165, 1.54) is 23.6 Å². The average molecular weight is 415 g/mol. The Kier molecular flexibility index (Phi) is 5.28. The molecule has 1 N–H and O–H groups in total. The number of carbonyl (C=O) groups excluding carboxylic acids is 1. The van der Waals surface area contributed by atoms with Crippen LogP contribution in [0.4, 0.5) is 5.69 Å². The van der Waals surface area contributed by atoms with Gasteiger partial charge in [-0.3, -0.25) is 4.79 Å². The van der Waals surface area contributed by atoms with Crippen molar-refractivity contribution in [1.82, 2.24) is 25.2 Å². The number of rotatable bonds is 6. The van der Waals surface area contributed by atoms with Gasteiger partial charge in [-0.15, -0.1) is 27.8 Å². The van der Waals surface area contributed by atoms with E-state index in [1.54, 1.807) is 27.4 Å². The largest absolute Gasteiger partial charge is 0.326 e. The Morgan fingerprint density at radius 1 is 1.26 bits per heavy atom. The minimum absolute atomic E-state index is 0.122. The summed E-state index contributed by atoms with van der Waals surface area (Å²) in [7, 11) is 0. The van der Waals surface area contributed by atoms with E-state index in [1.807, 2.05) is 35.7 Å². The number of tetrazole rings is 1. The summed E-state index contributed by atoms with van der Waals surface area (Å²) in [5, 5.41) is 20.5. The fraction of sp³-hybridized carbons (Fsp3) is 0.118. The van der Waals surface area contributed by atoms with Crippen LogP contribution in [0.5, 0.6) is 0 Å². The quantitative estimate of drug-likeness (QED) is 0.478. The van der Waals surface area contributed by atoms with E-state index in [4.69, 9.17) is 0 Å². The van der Waals surface area contributed by atoms with Gasteiger partial charge in [0.2, 0.25) is 11.1 Å². The third-order valence-electron chi connectivity index (χ3n) is 3.48. The first kappa shape index (κ1) is 17.8. The third-order valence-corrected chi connectivity index (χ3v) is 6.37. The first-order chi connectivity index (χ1) is 13.2. The van der Waals surface area contributed by atoms with Crippen LogP contribution in [0, 0.1) is 0 Å². The zero-order chi connectivity index (χ0) is 18.6. The lowest BCUT2D eigenvalue weighted by atomic mass is 10.3. The Morgan fingerprint density at radius 3 is 3.00 bits per heavy atom. The molecule has 0 saturated carbocycles. The molecule has 136 valence electrons. The van der Waals surface area contributed by atoms with Crippen LogP contribution in [0.25, 0.3) is 15.6 Å². The molecule has 1 aromatic carbocycles. The summed E-state index contributed by atoms with van der Waals surface area (Å²) in [5.41, 5.74) is 2.48. The van der Waals surface area contributed by atoms with Crippen LogP contribution in [-0.2, 0) is 10.5 Å². The third kappa shape index (κ3) is 4.24. The number of nitrogens with zero attached hydrogens (tertiary/aromatic N) is 5. The van der Waals surface area contributed by atoms with Crippen molar-refractivity contribution in [2.75, 3.05) is 5.32 Å². The van der Waals surface area contributed by atoms with Crippen LogP contribution in [0.15, 0.2) is 52.3 Å². The molecule has 4 aromatic rings. The monoisotopic (exact) mass is 414 g/mol. The number of amides is 1. The fourth-order valence-corrected chi connectivity index (χ4v) is 4.90. The van der Waals surface area contributed by atoms with Crippen molar-refractivity contribution in [1.29, 1.82) is 0 Å². The maximum absolute atomic E-state index is 11.3. The van der Waals surface area contributed by atoms with Gasteiger partial charge in [0, 0.05) is 23.7 Å². The number of thiophene rings is 1. The highest BCUT2D eigenvalue weighted by Crippen LogP contribution is 2.30. The number of hydrogen-bond acceptors (Lipinski definition) is 8. The molecule has 0 aliphatic rings. The van der Waals surface area contributed by atoms with E-state index in [9.17, 15) is 4.79 Å². The molecule has 0 radical (unpaired) electrons. The number of aromatic nitrogens is 5. The van der Waals surface area contributed by atoms with Crippen LogP contribution >= 0.6 is 34.4 Å². The minimum atomic E-state index is -0.122. The van der Waals surface area contributed by atoms with Gasteiger partial charge in [0.25, 0.3) is 0 Å². The molecule has 4 rings (SSSR count). The van der Waals surface area contributed by atoms with Crippen molar-refractivity contribution in [3.05, 3.63) is 52.9 Å². The molecule has 10 heteroatoms. The van der Waals surface area contributed by atoms with E-state index in [2.05, 4.69) is 37.3 Å². The lowest BCUT2D eigenvalue weighted by molar-refractivity contribution is -0.114. The van der Waals surface area contributed by atoms with Crippen molar-refractivity contribution in [3.8, 4) is 15.6 Å². The molecule has 0 saturated heterocycles. The molecule has 3 heterocycles. The number of thioether (sulfide) groups is 1. The molecular formula is C17H14N6OS3. The van der Waals surface area contributed by atoms with Crippen molar-refractivity contribution in [3.63, 3.8) is 0 Å². The van der Waals surface area contributed by atoms with Crippen LogP contribution in [0.3, 0.4) is 0 Å². The van der Waals surface area contributed by atoms with Gasteiger partial charge in [-0.25, -0.2) is 4.98 Å². The van der Waals surface area contributed by atoms with Crippen molar-refractivity contribution < 1.29 is 4.79 Å². The van der Waals surface area contributed by atoms with Gasteiger partial charge in [0.05, 0.1) is 16.3 Å². The second-order valence-electron chi connectivity index (χ2n) is 5.51. The maximum atomic E-state index is 11.3. The number of thiazole rings is 1. The minimum Gasteiger partial charge on any atom is -0.326 e. The van der Waals surface area contributed by atoms with Gasteiger partial charge < -0.3 is 5.32 Å². The van der Waals surface area contributed by atoms with Gasteiger partial charge in [-0.05, 0) is 40.1 Å². The number of anilines is 1. The van der Waals surface area contributed by atoms with Gasteiger partial charge >= 0.3 is 0 Å².